The van der Waals surface area contributed by atoms with E-state index in [1.165, 1.54) is 16.7 Å². The van der Waals surface area contributed by atoms with E-state index in [9.17, 15) is 9.59 Å². The van der Waals surface area contributed by atoms with Crippen LogP contribution in [0.1, 0.15) is 21.5 Å². The number of ether oxygens (including phenoxy) is 1. The van der Waals surface area contributed by atoms with Gasteiger partial charge in [0.1, 0.15) is 5.75 Å². The average Bonchev–Trinajstić information content (AvgIpc) is 3.16. The highest BCUT2D eigenvalue weighted by molar-refractivity contribution is 8.14. The number of hydrogen-bond donors (Lipinski definition) is 1. The van der Waals surface area contributed by atoms with Gasteiger partial charge in [-0.25, -0.2) is 0 Å². The Kier molecular flexibility index (Phi) is 5.50. The second-order valence-corrected chi connectivity index (χ2v) is 7.98. The van der Waals surface area contributed by atoms with Crippen LogP contribution in [0, 0.1) is 13.8 Å². The number of carbonyl (C=O) groups excluding carboxylic acids is 2. The largest absolute Gasteiger partial charge is 0.495 e. The molecular formula is C22H22N4O3S. The summed E-state index contributed by atoms with van der Waals surface area (Å²) in [5.74, 6) is 0.705. The van der Waals surface area contributed by atoms with Crippen molar-refractivity contribution < 1.29 is 14.3 Å². The Morgan fingerprint density at radius 2 is 2.00 bits per heavy atom. The van der Waals surface area contributed by atoms with E-state index < -0.39 is 6.17 Å². The molecule has 0 radical (unpaired) electrons. The highest BCUT2D eigenvalue weighted by Gasteiger charge is 2.39. The van der Waals surface area contributed by atoms with E-state index in [1.807, 2.05) is 50.2 Å². The fourth-order valence-corrected chi connectivity index (χ4v) is 4.33. The molecule has 1 atom stereocenters. The molecule has 1 N–H and O–H groups in total. The number of fused-ring (bicyclic) bond motifs is 1. The lowest BCUT2D eigenvalue weighted by molar-refractivity contribution is -0.122. The minimum Gasteiger partial charge on any atom is -0.495 e. The maximum Gasteiger partial charge on any atom is 0.276 e. The van der Waals surface area contributed by atoms with Crippen molar-refractivity contribution >= 4 is 34.3 Å². The van der Waals surface area contributed by atoms with Gasteiger partial charge in [-0.15, -0.1) is 0 Å². The third-order valence-corrected chi connectivity index (χ3v) is 5.96. The number of methoxy groups -OCH3 is 1. The van der Waals surface area contributed by atoms with E-state index in [4.69, 9.17) is 4.74 Å². The number of para-hydroxylation sites is 2. The summed E-state index contributed by atoms with van der Waals surface area (Å²) in [6, 6.07) is 13.1. The molecule has 2 aliphatic rings. The van der Waals surface area contributed by atoms with Gasteiger partial charge in [-0.05, 0) is 31.5 Å². The number of aryl methyl sites for hydroxylation is 2. The zero-order valence-electron chi connectivity index (χ0n) is 17.0. The molecule has 7 nitrogen and oxygen atoms in total. The van der Waals surface area contributed by atoms with Gasteiger partial charge in [-0.1, -0.05) is 47.7 Å². The molecule has 0 saturated carbocycles. The van der Waals surface area contributed by atoms with Gasteiger partial charge in [0.25, 0.3) is 5.91 Å². The van der Waals surface area contributed by atoms with E-state index in [-0.39, 0.29) is 17.4 Å². The van der Waals surface area contributed by atoms with Crippen LogP contribution in [0.25, 0.3) is 0 Å². The molecule has 0 fully saturated rings. The zero-order chi connectivity index (χ0) is 21.3. The fourth-order valence-electron chi connectivity index (χ4n) is 3.48. The minimum atomic E-state index is -0.654. The number of rotatable bonds is 5. The van der Waals surface area contributed by atoms with E-state index in [2.05, 4.69) is 10.5 Å². The maximum atomic E-state index is 13.0. The summed E-state index contributed by atoms with van der Waals surface area (Å²) in [6.07, 6.45) is 2.82. The van der Waals surface area contributed by atoms with Gasteiger partial charge in [-0.2, -0.15) is 5.10 Å². The Morgan fingerprint density at radius 1 is 1.20 bits per heavy atom. The number of nitrogens with zero attached hydrogens (tertiary/aromatic N) is 3. The summed E-state index contributed by atoms with van der Waals surface area (Å²) in [6.45, 7) is 3.94. The number of nitrogens with one attached hydrogen (secondary N) is 1. The number of hydrazone groups is 1. The van der Waals surface area contributed by atoms with Crippen molar-refractivity contribution in [3.8, 4) is 5.75 Å². The first-order valence-electron chi connectivity index (χ1n) is 9.49. The molecule has 2 aromatic carbocycles. The molecule has 0 spiro atoms. The molecule has 1 amide bonds. The van der Waals surface area contributed by atoms with Crippen molar-refractivity contribution in [2.24, 2.45) is 5.10 Å². The average molecular weight is 423 g/mol. The van der Waals surface area contributed by atoms with Crippen LogP contribution >= 0.6 is 11.8 Å². The quantitative estimate of drug-likeness (QED) is 0.746. The summed E-state index contributed by atoms with van der Waals surface area (Å²) in [5.41, 5.74) is 6.34. The number of hydrogen-bond acceptors (Lipinski definition) is 7. The Morgan fingerprint density at radius 3 is 2.77 bits per heavy atom. The molecule has 154 valence electrons. The normalized spacial score (nSPS) is 17.5. The standard InChI is InChI=1S/C22H22N4O3S/c1-14-8-9-16(15(2)12-14)18(27)13-30-22-24-23-20-21(28)25(10-11-26(20)22)17-6-4-5-7-19(17)29-3/h4-12,20,23H,13H2,1-3H3. The number of anilines is 1. The van der Waals surface area contributed by atoms with Gasteiger partial charge in [-0.3, -0.25) is 24.8 Å². The van der Waals surface area contributed by atoms with Gasteiger partial charge in [0.2, 0.25) is 6.17 Å². The van der Waals surface area contributed by atoms with Crippen molar-refractivity contribution in [1.82, 2.24) is 10.3 Å². The van der Waals surface area contributed by atoms with E-state index in [0.29, 0.717) is 22.2 Å². The van der Waals surface area contributed by atoms with Gasteiger partial charge in [0.05, 0.1) is 18.6 Å². The van der Waals surface area contributed by atoms with Crippen LogP contribution in [0.3, 0.4) is 0 Å². The number of benzene rings is 2. The van der Waals surface area contributed by atoms with E-state index in [0.717, 1.165) is 11.1 Å². The number of carbonyl (C=O) groups is 2. The van der Waals surface area contributed by atoms with E-state index >= 15 is 0 Å². The van der Waals surface area contributed by atoms with Gasteiger partial charge < -0.3 is 4.74 Å². The summed E-state index contributed by atoms with van der Waals surface area (Å²) in [4.78, 5) is 28.9. The maximum absolute atomic E-state index is 13.0. The Balaban J connectivity index is 1.46. The lowest BCUT2D eigenvalue weighted by Crippen LogP contribution is -2.52. The Labute approximate surface area is 179 Å². The van der Waals surface area contributed by atoms with E-state index in [1.54, 1.807) is 30.5 Å². The second-order valence-electron chi connectivity index (χ2n) is 7.04. The van der Waals surface area contributed by atoms with Crippen LogP contribution in [-0.2, 0) is 4.79 Å². The molecule has 2 aliphatic heterocycles. The molecule has 0 aromatic heterocycles. The summed E-state index contributed by atoms with van der Waals surface area (Å²) in [7, 11) is 1.57. The first-order chi connectivity index (χ1) is 14.5. The minimum absolute atomic E-state index is 0.0339. The molecule has 4 rings (SSSR count). The van der Waals surface area contributed by atoms with Crippen molar-refractivity contribution in [2.45, 2.75) is 20.0 Å². The SMILES string of the molecule is COc1ccccc1N1C=CN2C(SCC(=O)c3ccc(C)cc3C)=NNC2C1=O. The molecule has 0 saturated heterocycles. The van der Waals surface area contributed by atoms with Crippen LogP contribution in [-0.4, -0.2) is 40.8 Å². The van der Waals surface area contributed by atoms with Crippen LogP contribution in [0.5, 0.6) is 5.75 Å². The molecule has 2 aromatic rings. The highest BCUT2D eigenvalue weighted by Crippen LogP contribution is 2.32. The first-order valence-corrected chi connectivity index (χ1v) is 10.5. The number of Topliss-reactive ketones (excluding diaryl/α,β-unsaturated/α-hetero) is 1. The van der Waals surface area contributed by atoms with Crippen LogP contribution in [0.4, 0.5) is 5.69 Å². The highest BCUT2D eigenvalue weighted by atomic mass is 32.2. The van der Waals surface area contributed by atoms with Gasteiger partial charge in [0, 0.05) is 18.0 Å². The first kappa shape index (κ1) is 20.0. The van der Waals surface area contributed by atoms with Crippen molar-refractivity contribution in [1.29, 1.82) is 0 Å². The molecule has 8 heteroatoms. The Hall–Kier alpha value is -3.26. The van der Waals surface area contributed by atoms with Crippen molar-refractivity contribution in [2.75, 3.05) is 17.8 Å². The van der Waals surface area contributed by atoms with Crippen LogP contribution in [0.2, 0.25) is 0 Å². The number of thioether (sulfide) groups is 1. The molecule has 2 heterocycles. The predicted octanol–water partition coefficient (Wildman–Crippen LogP) is 3.25. The fraction of sp³-hybridized carbons (Fsp3) is 0.227. The number of amides is 1. The molecule has 1 unspecified atom stereocenters. The van der Waals surface area contributed by atoms with Gasteiger partial charge in [0.15, 0.2) is 11.0 Å². The summed E-state index contributed by atoms with van der Waals surface area (Å²) >= 11 is 1.31. The predicted molar refractivity (Wildman–Crippen MR) is 119 cm³/mol. The van der Waals surface area contributed by atoms with Gasteiger partial charge >= 0.3 is 0 Å². The third-order valence-electron chi connectivity index (χ3n) is 4.99. The summed E-state index contributed by atoms with van der Waals surface area (Å²) in [5, 5.41) is 4.86. The lowest BCUT2D eigenvalue weighted by atomic mass is 10.0. The van der Waals surface area contributed by atoms with Crippen molar-refractivity contribution in [3.05, 3.63) is 71.6 Å². The number of amidine groups is 1. The summed E-state index contributed by atoms with van der Waals surface area (Å²) < 4.78 is 5.37. The Bertz CT molecular complexity index is 1070. The van der Waals surface area contributed by atoms with Crippen molar-refractivity contribution in [3.63, 3.8) is 0 Å². The lowest BCUT2D eigenvalue weighted by Gasteiger charge is -2.32. The van der Waals surface area contributed by atoms with Crippen LogP contribution < -0.4 is 15.1 Å². The topological polar surface area (TPSA) is 74.2 Å². The smallest absolute Gasteiger partial charge is 0.276 e. The zero-order valence-corrected chi connectivity index (χ0v) is 17.8. The monoisotopic (exact) mass is 422 g/mol. The molecular weight excluding hydrogens is 400 g/mol. The number of ketones is 1. The third kappa shape index (κ3) is 3.66. The molecule has 0 bridgehead atoms. The van der Waals surface area contributed by atoms with Crippen LogP contribution in [0.15, 0.2) is 60.0 Å². The molecule has 30 heavy (non-hydrogen) atoms. The second kappa shape index (κ2) is 8.23. The molecule has 0 aliphatic carbocycles.